The maximum atomic E-state index is 12.6. The normalized spacial score (nSPS) is 11.8. The fourth-order valence-electron chi connectivity index (χ4n) is 2.93. The van der Waals surface area contributed by atoms with Crippen LogP contribution in [-0.4, -0.2) is 36.8 Å². The lowest BCUT2D eigenvalue weighted by atomic mass is 10.1. The summed E-state index contributed by atoms with van der Waals surface area (Å²) in [5.74, 6) is -0.572. The number of fused-ring (bicyclic) bond motifs is 1. The molecular formula is C22H24N2O4S. The van der Waals surface area contributed by atoms with Crippen LogP contribution in [0.4, 0.5) is 0 Å². The molecule has 0 spiro atoms. The highest BCUT2D eigenvalue weighted by Gasteiger charge is 2.12. The molecule has 152 valence electrons. The zero-order chi connectivity index (χ0) is 20.8. The average Bonchev–Trinajstić information content (AvgIpc) is 3.04. The summed E-state index contributed by atoms with van der Waals surface area (Å²) in [7, 11) is 1.63. The van der Waals surface area contributed by atoms with Gasteiger partial charge in [-0.1, -0.05) is 41.2 Å². The Morgan fingerprint density at radius 3 is 2.59 bits per heavy atom. The average molecular weight is 413 g/mol. The van der Waals surface area contributed by atoms with Crippen molar-refractivity contribution < 1.29 is 19.1 Å². The van der Waals surface area contributed by atoms with E-state index in [-0.39, 0.29) is 18.3 Å². The molecule has 0 saturated heterocycles. The van der Waals surface area contributed by atoms with Gasteiger partial charge in [-0.2, -0.15) is 4.99 Å². The van der Waals surface area contributed by atoms with Crippen molar-refractivity contribution in [2.24, 2.45) is 4.99 Å². The number of carbonyl (C=O) groups is 2. The Balaban J connectivity index is 1.97. The Labute approximate surface area is 173 Å². The van der Waals surface area contributed by atoms with Crippen molar-refractivity contribution >= 4 is 33.4 Å². The van der Waals surface area contributed by atoms with Gasteiger partial charge in [-0.15, -0.1) is 0 Å². The molecule has 0 N–H and O–H groups in total. The first kappa shape index (κ1) is 21.0. The first-order valence-electron chi connectivity index (χ1n) is 9.44. The molecule has 3 aromatic rings. The number of aromatic nitrogens is 1. The SMILES string of the molecule is CCOC(=O)c1ccc2c(c1)sc(=NC(=O)Cc1ccc(C)cc1)n2CCOC. The van der Waals surface area contributed by atoms with Gasteiger partial charge in [0, 0.05) is 13.7 Å². The molecule has 0 bridgehead atoms. The van der Waals surface area contributed by atoms with Gasteiger partial charge in [-0.25, -0.2) is 4.79 Å². The smallest absolute Gasteiger partial charge is 0.338 e. The molecule has 2 aromatic carbocycles. The minimum absolute atomic E-state index is 0.211. The van der Waals surface area contributed by atoms with Crippen LogP contribution in [0.2, 0.25) is 0 Å². The van der Waals surface area contributed by atoms with E-state index in [9.17, 15) is 9.59 Å². The zero-order valence-corrected chi connectivity index (χ0v) is 17.6. The number of hydrogen-bond acceptors (Lipinski definition) is 5. The quantitative estimate of drug-likeness (QED) is 0.557. The van der Waals surface area contributed by atoms with Crippen molar-refractivity contribution in [2.45, 2.75) is 26.8 Å². The molecule has 0 fully saturated rings. The Bertz CT molecular complexity index is 1080. The molecule has 3 rings (SSSR count). The van der Waals surface area contributed by atoms with Crippen LogP contribution in [0.25, 0.3) is 10.2 Å². The molecule has 0 saturated carbocycles. The highest BCUT2D eigenvalue weighted by molar-refractivity contribution is 7.16. The van der Waals surface area contributed by atoms with E-state index in [1.807, 2.05) is 41.8 Å². The van der Waals surface area contributed by atoms with Gasteiger partial charge in [0.05, 0.1) is 35.4 Å². The number of nitrogens with zero attached hydrogens (tertiary/aromatic N) is 2. The molecule has 0 aliphatic carbocycles. The fourth-order valence-corrected chi connectivity index (χ4v) is 4.04. The van der Waals surface area contributed by atoms with E-state index >= 15 is 0 Å². The van der Waals surface area contributed by atoms with Gasteiger partial charge in [0.15, 0.2) is 4.80 Å². The summed E-state index contributed by atoms with van der Waals surface area (Å²) in [6, 6.07) is 13.2. The number of carbonyl (C=O) groups excluding carboxylic acids is 2. The van der Waals surface area contributed by atoms with Crippen molar-refractivity contribution in [1.29, 1.82) is 0 Å². The molecule has 1 amide bonds. The number of ether oxygens (including phenoxy) is 2. The van der Waals surface area contributed by atoms with Crippen molar-refractivity contribution in [3.05, 3.63) is 64.0 Å². The summed E-state index contributed by atoms with van der Waals surface area (Å²) in [5.41, 5.74) is 3.47. The molecule has 0 aliphatic rings. The molecule has 7 heteroatoms. The Kier molecular flexibility index (Phi) is 6.95. The van der Waals surface area contributed by atoms with Gasteiger partial charge in [0.2, 0.25) is 0 Å². The lowest BCUT2D eigenvalue weighted by Crippen LogP contribution is -2.19. The zero-order valence-electron chi connectivity index (χ0n) is 16.8. The fraction of sp³-hybridized carbons (Fsp3) is 0.318. The van der Waals surface area contributed by atoms with Crippen molar-refractivity contribution in [3.63, 3.8) is 0 Å². The monoisotopic (exact) mass is 412 g/mol. The first-order valence-corrected chi connectivity index (χ1v) is 10.3. The third kappa shape index (κ3) is 5.19. The maximum absolute atomic E-state index is 12.6. The van der Waals surface area contributed by atoms with Crippen LogP contribution in [0.3, 0.4) is 0 Å². The molecule has 0 unspecified atom stereocenters. The van der Waals surface area contributed by atoms with Crippen LogP contribution in [-0.2, 0) is 27.2 Å². The number of esters is 1. The second-order valence-electron chi connectivity index (χ2n) is 6.60. The topological polar surface area (TPSA) is 69.9 Å². The van der Waals surface area contributed by atoms with Crippen molar-refractivity contribution in [1.82, 2.24) is 4.57 Å². The minimum Gasteiger partial charge on any atom is -0.462 e. The number of thiazole rings is 1. The van der Waals surface area contributed by atoms with Gasteiger partial charge in [0.25, 0.3) is 5.91 Å². The Morgan fingerprint density at radius 2 is 1.90 bits per heavy atom. The number of hydrogen-bond donors (Lipinski definition) is 0. The van der Waals surface area contributed by atoms with Crippen LogP contribution in [0.5, 0.6) is 0 Å². The highest BCUT2D eigenvalue weighted by Crippen LogP contribution is 2.20. The van der Waals surface area contributed by atoms with E-state index in [2.05, 4.69) is 4.99 Å². The van der Waals surface area contributed by atoms with Crippen molar-refractivity contribution in [2.75, 3.05) is 20.3 Å². The molecular weight excluding hydrogens is 388 g/mol. The van der Waals surface area contributed by atoms with Crippen LogP contribution < -0.4 is 4.80 Å². The van der Waals surface area contributed by atoms with Crippen LogP contribution >= 0.6 is 11.3 Å². The lowest BCUT2D eigenvalue weighted by Gasteiger charge is -2.05. The highest BCUT2D eigenvalue weighted by atomic mass is 32.1. The largest absolute Gasteiger partial charge is 0.462 e. The van der Waals surface area contributed by atoms with E-state index in [1.165, 1.54) is 11.3 Å². The van der Waals surface area contributed by atoms with Crippen LogP contribution in [0.1, 0.15) is 28.4 Å². The molecule has 29 heavy (non-hydrogen) atoms. The minimum atomic E-state index is -0.361. The summed E-state index contributed by atoms with van der Waals surface area (Å²) in [5, 5.41) is 0. The third-order valence-corrected chi connectivity index (χ3v) is 5.45. The van der Waals surface area contributed by atoms with Crippen molar-refractivity contribution in [3.8, 4) is 0 Å². The Morgan fingerprint density at radius 1 is 1.14 bits per heavy atom. The summed E-state index contributed by atoms with van der Waals surface area (Å²) in [6.45, 7) is 5.16. The first-order chi connectivity index (χ1) is 14.0. The number of benzene rings is 2. The second kappa shape index (κ2) is 9.62. The molecule has 1 aromatic heterocycles. The van der Waals surface area contributed by atoms with E-state index in [4.69, 9.17) is 9.47 Å². The van der Waals surface area contributed by atoms with Gasteiger partial charge >= 0.3 is 5.97 Å². The number of amides is 1. The van der Waals surface area contributed by atoms with E-state index < -0.39 is 0 Å². The van der Waals surface area contributed by atoms with E-state index in [1.54, 1.807) is 26.2 Å². The molecule has 0 aliphatic heterocycles. The maximum Gasteiger partial charge on any atom is 0.338 e. The van der Waals surface area contributed by atoms with Gasteiger partial charge < -0.3 is 14.0 Å². The summed E-state index contributed by atoms with van der Waals surface area (Å²) in [4.78, 5) is 29.5. The predicted molar refractivity (Wildman–Crippen MR) is 113 cm³/mol. The van der Waals surface area contributed by atoms with E-state index in [0.29, 0.717) is 30.1 Å². The number of methoxy groups -OCH3 is 1. The number of rotatable bonds is 7. The summed E-state index contributed by atoms with van der Waals surface area (Å²) < 4.78 is 13.1. The standard InChI is InChI=1S/C22H24N2O4S/c1-4-28-21(26)17-9-10-18-19(14-17)29-22(24(18)11-12-27-3)23-20(25)13-16-7-5-15(2)6-8-16/h5-10,14H,4,11-13H2,1-3H3. The molecule has 0 atom stereocenters. The summed E-state index contributed by atoms with van der Waals surface area (Å²) >= 11 is 1.38. The van der Waals surface area contributed by atoms with Gasteiger partial charge in [-0.3, -0.25) is 4.79 Å². The predicted octanol–water partition coefficient (Wildman–Crippen LogP) is 3.50. The molecule has 1 heterocycles. The molecule has 0 radical (unpaired) electrons. The number of aryl methyl sites for hydroxylation is 1. The second-order valence-corrected chi connectivity index (χ2v) is 7.61. The Hall–Kier alpha value is -2.77. The van der Waals surface area contributed by atoms with Gasteiger partial charge in [-0.05, 0) is 37.6 Å². The summed E-state index contributed by atoms with van der Waals surface area (Å²) in [6.07, 6.45) is 0.243. The van der Waals surface area contributed by atoms with Crippen LogP contribution in [0, 0.1) is 6.92 Å². The molecule has 6 nitrogen and oxygen atoms in total. The van der Waals surface area contributed by atoms with E-state index in [0.717, 1.165) is 21.3 Å². The van der Waals surface area contributed by atoms with Crippen LogP contribution in [0.15, 0.2) is 47.5 Å². The lowest BCUT2D eigenvalue weighted by molar-refractivity contribution is -0.117. The van der Waals surface area contributed by atoms with Gasteiger partial charge in [0.1, 0.15) is 0 Å². The third-order valence-electron chi connectivity index (χ3n) is 4.41.